The summed E-state index contributed by atoms with van der Waals surface area (Å²) in [6.07, 6.45) is 0. The zero-order valence-electron chi connectivity index (χ0n) is 10.3. The van der Waals surface area contributed by atoms with Crippen molar-refractivity contribution in [3.8, 4) is 0 Å². The molecule has 0 aromatic rings. The highest BCUT2D eigenvalue weighted by molar-refractivity contribution is 7.99. The lowest BCUT2D eigenvalue weighted by molar-refractivity contribution is -0.144. The smallest absolute Gasteiger partial charge is 0.246 e. The predicted molar refractivity (Wildman–Crippen MR) is 67.7 cm³/mol. The van der Waals surface area contributed by atoms with E-state index < -0.39 is 0 Å². The normalized spacial score (nSPS) is 29.5. The maximum Gasteiger partial charge on any atom is 0.246 e. The van der Waals surface area contributed by atoms with Gasteiger partial charge in [-0.1, -0.05) is 0 Å². The minimum Gasteiger partial charge on any atom is -0.336 e. The van der Waals surface area contributed by atoms with E-state index in [0.717, 1.165) is 25.4 Å². The van der Waals surface area contributed by atoms with Gasteiger partial charge in [-0.25, -0.2) is 0 Å². The Labute approximate surface area is 106 Å². The van der Waals surface area contributed by atoms with Crippen molar-refractivity contribution in [3.63, 3.8) is 0 Å². The lowest BCUT2D eigenvalue weighted by Gasteiger charge is -2.37. The summed E-state index contributed by atoms with van der Waals surface area (Å²) in [5.74, 6) is 1.48. The second-order valence-electron chi connectivity index (χ2n) is 4.59. The number of piperazine rings is 1. The molecular weight excluding hydrogens is 238 g/mol. The highest BCUT2D eigenvalue weighted by Crippen LogP contribution is 2.23. The summed E-state index contributed by atoms with van der Waals surface area (Å²) in [5, 5.41) is 3.26. The van der Waals surface area contributed by atoms with E-state index in [1.807, 2.05) is 11.8 Å². The predicted octanol–water partition coefficient (Wildman–Crippen LogP) is -0.272. The molecule has 0 radical (unpaired) electrons. The average molecular weight is 257 g/mol. The van der Waals surface area contributed by atoms with Gasteiger partial charge in [0, 0.05) is 38.4 Å². The minimum atomic E-state index is -0.252. The topological polar surface area (TPSA) is 52.7 Å². The zero-order chi connectivity index (χ0) is 12.4. The number of carbonyl (C=O) groups excluding carboxylic acids is 2. The molecule has 0 aromatic heterocycles. The highest BCUT2D eigenvalue weighted by atomic mass is 32.2. The Morgan fingerprint density at radius 3 is 2.76 bits per heavy atom. The lowest BCUT2D eigenvalue weighted by atomic mass is 10.1. The fourth-order valence-electron chi connectivity index (χ4n) is 2.32. The van der Waals surface area contributed by atoms with Gasteiger partial charge in [-0.2, -0.15) is 0 Å². The van der Waals surface area contributed by atoms with Gasteiger partial charge < -0.3 is 15.1 Å². The Morgan fingerprint density at radius 2 is 2.12 bits per heavy atom. The number of hydrogen-bond donors (Lipinski definition) is 1. The number of amides is 2. The van der Waals surface area contributed by atoms with Crippen molar-refractivity contribution in [2.75, 3.05) is 31.3 Å². The summed E-state index contributed by atoms with van der Waals surface area (Å²) in [4.78, 5) is 27.5. The van der Waals surface area contributed by atoms with Crippen molar-refractivity contribution in [1.82, 2.24) is 15.1 Å². The molecule has 17 heavy (non-hydrogen) atoms. The molecule has 0 aliphatic carbocycles. The van der Waals surface area contributed by atoms with E-state index in [1.54, 1.807) is 16.7 Å². The van der Waals surface area contributed by atoms with Gasteiger partial charge in [0.2, 0.25) is 11.8 Å². The van der Waals surface area contributed by atoms with Crippen LogP contribution < -0.4 is 5.32 Å². The van der Waals surface area contributed by atoms with Crippen LogP contribution in [0.2, 0.25) is 0 Å². The van der Waals surface area contributed by atoms with Gasteiger partial charge in [0.05, 0.1) is 5.88 Å². The third-order valence-corrected chi connectivity index (χ3v) is 4.37. The van der Waals surface area contributed by atoms with Crippen LogP contribution in [0.1, 0.15) is 13.8 Å². The highest BCUT2D eigenvalue weighted by Gasteiger charge is 2.37. The van der Waals surface area contributed by atoms with E-state index in [0.29, 0.717) is 5.88 Å². The standard InChI is InChI=1S/C11H19N3O2S/c1-8-5-12-3-4-13(8)11(16)10-6-17-7-14(10)9(2)15/h8,10,12H,3-7H2,1-2H3/t8-,10?/m0/s1. The molecule has 2 amide bonds. The van der Waals surface area contributed by atoms with Gasteiger partial charge in [0.15, 0.2) is 0 Å². The maximum atomic E-state index is 12.4. The molecule has 5 nitrogen and oxygen atoms in total. The summed E-state index contributed by atoms with van der Waals surface area (Å²) < 4.78 is 0. The molecule has 2 atom stereocenters. The molecule has 0 spiro atoms. The third kappa shape index (κ3) is 2.57. The Morgan fingerprint density at radius 1 is 1.35 bits per heavy atom. The number of nitrogens with one attached hydrogen (secondary N) is 1. The van der Waals surface area contributed by atoms with Crippen LogP contribution in [0.3, 0.4) is 0 Å². The van der Waals surface area contributed by atoms with Crippen molar-refractivity contribution in [1.29, 1.82) is 0 Å². The molecule has 1 unspecified atom stereocenters. The molecule has 2 aliphatic heterocycles. The lowest BCUT2D eigenvalue weighted by Crippen LogP contribution is -2.57. The Balaban J connectivity index is 2.05. The number of nitrogens with zero attached hydrogens (tertiary/aromatic N) is 2. The quantitative estimate of drug-likeness (QED) is 0.702. The average Bonchev–Trinajstić information content (AvgIpc) is 2.77. The molecule has 2 rings (SSSR count). The van der Waals surface area contributed by atoms with E-state index in [-0.39, 0.29) is 23.9 Å². The fraction of sp³-hybridized carbons (Fsp3) is 0.818. The van der Waals surface area contributed by atoms with Crippen molar-refractivity contribution >= 4 is 23.6 Å². The molecule has 2 fully saturated rings. The monoisotopic (exact) mass is 257 g/mol. The molecule has 2 heterocycles. The van der Waals surface area contributed by atoms with Gasteiger partial charge in [-0.15, -0.1) is 11.8 Å². The first-order valence-electron chi connectivity index (χ1n) is 5.97. The SMILES string of the molecule is CC(=O)N1CSCC1C(=O)N1CCNC[C@@H]1C. The van der Waals surface area contributed by atoms with Crippen LogP contribution in [-0.4, -0.2) is 65.0 Å². The van der Waals surface area contributed by atoms with E-state index >= 15 is 0 Å². The molecule has 0 saturated carbocycles. The van der Waals surface area contributed by atoms with Gasteiger partial charge in [0.1, 0.15) is 6.04 Å². The first kappa shape index (κ1) is 12.7. The minimum absolute atomic E-state index is 0.00358. The molecule has 0 bridgehead atoms. The van der Waals surface area contributed by atoms with Crippen molar-refractivity contribution in [2.45, 2.75) is 25.9 Å². The third-order valence-electron chi connectivity index (χ3n) is 3.36. The molecule has 2 saturated heterocycles. The Bertz CT molecular complexity index is 324. The second kappa shape index (κ2) is 5.27. The number of thioether (sulfide) groups is 1. The van der Waals surface area contributed by atoms with Gasteiger partial charge in [-0.05, 0) is 6.92 Å². The zero-order valence-corrected chi connectivity index (χ0v) is 11.1. The van der Waals surface area contributed by atoms with Crippen LogP contribution in [-0.2, 0) is 9.59 Å². The summed E-state index contributed by atoms with van der Waals surface area (Å²) in [5.41, 5.74) is 0. The number of rotatable bonds is 1. The second-order valence-corrected chi connectivity index (χ2v) is 5.59. The van der Waals surface area contributed by atoms with E-state index in [2.05, 4.69) is 5.32 Å². The van der Waals surface area contributed by atoms with Crippen LogP contribution in [0.25, 0.3) is 0 Å². The van der Waals surface area contributed by atoms with Crippen molar-refractivity contribution in [2.24, 2.45) is 0 Å². The molecule has 1 N–H and O–H groups in total. The molecule has 96 valence electrons. The van der Waals surface area contributed by atoms with Crippen LogP contribution in [0.15, 0.2) is 0 Å². The van der Waals surface area contributed by atoms with Crippen molar-refractivity contribution < 1.29 is 9.59 Å². The van der Waals surface area contributed by atoms with Crippen LogP contribution >= 0.6 is 11.8 Å². The number of hydrogen-bond acceptors (Lipinski definition) is 4. The Hall–Kier alpha value is -0.750. The summed E-state index contributed by atoms with van der Waals surface area (Å²) in [6.45, 7) is 6.01. The van der Waals surface area contributed by atoms with Crippen LogP contribution in [0.4, 0.5) is 0 Å². The summed E-state index contributed by atoms with van der Waals surface area (Å²) in [6, 6.07) is -0.0336. The summed E-state index contributed by atoms with van der Waals surface area (Å²) in [7, 11) is 0. The molecule has 0 aromatic carbocycles. The fourth-order valence-corrected chi connectivity index (χ4v) is 3.53. The van der Waals surface area contributed by atoms with Gasteiger partial charge in [-0.3, -0.25) is 9.59 Å². The summed E-state index contributed by atoms with van der Waals surface area (Å²) >= 11 is 1.65. The first-order chi connectivity index (χ1) is 8.11. The van der Waals surface area contributed by atoms with Gasteiger partial charge in [0.25, 0.3) is 0 Å². The van der Waals surface area contributed by atoms with Gasteiger partial charge >= 0.3 is 0 Å². The largest absolute Gasteiger partial charge is 0.336 e. The van der Waals surface area contributed by atoms with E-state index in [4.69, 9.17) is 0 Å². The number of carbonyl (C=O) groups is 2. The van der Waals surface area contributed by atoms with Crippen LogP contribution in [0, 0.1) is 0 Å². The van der Waals surface area contributed by atoms with E-state index in [1.165, 1.54) is 6.92 Å². The maximum absolute atomic E-state index is 12.4. The Kier molecular flexibility index (Phi) is 3.93. The molecular formula is C11H19N3O2S. The molecule has 6 heteroatoms. The first-order valence-corrected chi connectivity index (χ1v) is 7.13. The molecule has 2 aliphatic rings. The van der Waals surface area contributed by atoms with Crippen molar-refractivity contribution in [3.05, 3.63) is 0 Å². The van der Waals surface area contributed by atoms with E-state index in [9.17, 15) is 9.59 Å². The van der Waals surface area contributed by atoms with Crippen LogP contribution in [0.5, 0.6) is 0 Å².